The number of nitrogens with one attached hydrogen (secondary N) is 1. The molecule has 0 bridgehead atoms. The first kappa shape index (κ1) is 20.9. The van der Waals surface area contributed by atoms with E-state index in [1.54, 1.807) is 9.80 Å². The molecule has 0 radical (unpaired) electrons. The van der Waals surface area contributed by atoms with E-state index in [0.29, 0.717) is 25.2 Å². The molecule has 6 heteroatoms. The number of amides is 3. The number of hydrogen-bond donors (Lipinski definition) is 1. The van der Waals surface area contributed by atoms with E-state index in [4.69, 9.17) is 0 Å². The van der Waals surface area contributed by atoms with Crippen molar-refractivity contribution in [2.24, 2.45) is 0 Å². The van der Waals surface area contributed by atoms with Crippen LogP contribution in [0.3, 0.4) is 0 Å². The maximum atomic E-state index is 12.6. The van der Waals surface area contributed by atoms with Gasteiger partial charge in [-0.1, -0.05) is 50.7 Å². The molecular formula is C24H33N3O3. The molecule has 1 saturated heterocycles. The van der Waals surface area contributed by atoms with Crippen LogP contribution in [-0.4, -0.2) is 52.7 Å². The second-order valence-corrected chi connectivity index (χ2v) is 9.02. The lowest BCUT2D eigenvalue weighted by atomic mass is 10.1. The summed E-state index contributed by atoms with van der Waals surface area (Å²) in [6.07, 6.45) is 11.3. The number of hydrogen-bond acceptors (Lipinski definition) is 3. The van der Waals surface area contributed by atoms with Gasteiger partial charge in [-0.2, -0.15) is 0 Å². The second kappa shape index (κ2) is 9.63. The van der Waals surface area contributed by atoms with E-state index in [1.165, 1.54) is 25.7 Å². The topological polar surface area (TPSA) is 69.7 Å². The molecule has 162 valence electrons. The Kier molecular flexibility index (Phi) is 6.70. The van der Waals surface area contributed by atoms with Crippen LogP contribution < -0.4 is 5.32 Å². The maximum absolute atomic E-state index is 12.6. The quantitative estimate of drug-likeness (QED) is 0.597. The fraction of sp³-hybridized carbons (Fsp3) is 0.625. The molecule has 1 heterocycles. The Balaban J connectivity index is 1.31. The third kappa shape index (κ3) is 4.85. The van der Waals surface area contributed by atoms with Gasteiger partial charge in [-0.05, 0) is 43.4 Å². The minimum Gasteiger partial charge on any atom is -0.349 e. The van der Waals surface area contributed by atoms with Crippen molar-refractivity contribution in [2.45, 2.75) is 82.8 Å². The highest BCUT2D eigenvalue weighted by Gasteiger charge is 2.37. The molecule has 0 aromatic heterocycles. The average molecular weight is 412 g/mol. The molecule has 30 heavy (non-hydrogen) atoms. The minimum atomic E-state index is -0.400. The Morgan fingerprint density at radius 2 is 1.47 bits per heavy atom. The second-order valence-electron chi connectivity index (χ2n) is 9.02. The van der Waals surface area contributed by atoms with Crippen LogP contribution in [0.2, 0.25) is 0 Å². The van der Waals surface area contributed by atoms with Crippen molar-refractivity contribution in [2.75, 3.05) is 13.1 Å². The van der Waals surface area contributed by atoms with E-state index in [1.807, 2.05) is 24.3 Å². The zero-order chi connectivity index (χ0) is 20.9. The van der Waals surface area contributed by atoms with Gasteiger partial charge in [0, 0.05) is 37.3 Å². The highest BCUT2D eigenvalue weighted by atomic mass is 16.2. The van der Waals surface area contributed by atoms with Crippen molar-refractivity contribution in [1.82, 2.24) is 15.1 Å². The van der Waals surface area contributed by atoms with Gasteiger partial charge in [0.25, 0.3) is 5.91 Å². The Bertz CT molecular complexity index is 762. The fourth-order valence-electron chi connectivity index (χ4n) is 5.08. The van der Waals surface area contributed by atoms with Crippen LogP contribution in [0, 0.1) is 0 Å². The molecule has 3 aliphatic rings. The van der Waals surface area contributed by atoms with Crippen molar-refractivity contribution in [3.05, 3.63) is 35.4 Å². The molecule has 3 fully saturated rings. The highest BCUT2D eigenvalue weighted by molar-refractivity contribution is 6.35. The van der Waals surface area contributed by atoms with Gasteiger partial charge in [0.05, 0.1) is 0 Å². The van der Waals surface area contributed by atoms with E-state index < -0.39 is 5.91 Å². The van der Waals surface area contributed by atoms with Crippen molar-refractivity contribution in [1.29, 1.82) is 0 Å². The van der Waals surface area contributed by atoms with Crippen LogP contribution in [0.5, 0.6) is 0 Å². The van der Waals surface area contributed by atoms with Crippen LogP contribution in [0.1, 0.15) is 80.1 Å². The van der Waals surface area contributed by atoms with Gasteiger partial charge >= 0.3 is 11.8 Å². The Labute approximate surface area is 179 Å². The summed E-state index contributed by atoms with van der Waals surface area (Å²) in [6, 6.07) is 7.95. The largest absolute Gasteiger partial charge is 0.349 e. The van der Waals surface area contributed by atoms with Crippen LogP contribution in [0.15, 0.2) is 24.3 Å². The molecule has 4 rings (SSSR count). The summed E-state index contributed by atoms with van der Waals surface area (Å²) >= 11 is 0. The van der Waals surface area contributed by atoms with Gasteiger partial charge in [0.15, 0.2) is 0 Å². The molecule has 1 aliphatic heterocycles. The average Bonchev–Trinajstić information content (AvgIpc) is 3.16. The zero-order valence-corrected chi connectivity index (χ0v) is 17.8. The molecule has 2 aliphatic carbocycles. The van der Waals surface area contributed by atoms with E-state index in [0.717, 1.165) is 44.1 Å². The standard InChI is InChI=1S/C24H33N3O3/c28-22(25-20-7-3-1-2-4-8-20)19-13-11-18(12-14-19)17-26-15-16-27(24(30)23(26)29)21-9-5-6-10-21/h11-14,20-21H,1-10,15-17H2,(H,25,28). The van der Waals surface area contributed by atoms with Crippen LogP contribution in [0.25, 0.3) is 0 Å². The fourth-order valence-corrected chi connectivity index (χ4v) is 5.08. The Hall–Kier alpha value is -2.37. The van der Waals surface area contributed by atoms with Crippen molar-refractivity contribution in [3.63, 3.8) is 0 Å². The SMILES string of the molecule is O=C(NC1CCCCCC1)c1ccc(CN2CCN(C3CCCC3)C(=O)C2=O)cc1. The predicted octanol–water partition coefficient (Wildman–Crippen LogP) is 3.25. The number of rotatable bonds is 5. The smallest absolute Gasteiger partial charge is 0.312 e. The normalized spacial score (nSPS) is 21.7. The summed E-state index contributed by atoms with van der Waals surface area (Å²) in [5.41, 5.74) is 1.59. The van der Waals surface area contributed by atoms with Crippen LogP contribution in [0.4, 0.5) is 0 Å². The summed E-state index contributed by atoms with van der Waals surface area (Å²) in [4.78, 5) is 41.1. The summed E-state index contributed by atoms with van der Waals surface area (Å²) < 4.78 is 0. The zero-order valence-electron chi connectivity index (χ0n) is 17.8. The molecule has 0 spiro atoms. The summed E-state index contributed by atoms with van der Waals surface area (Å²) in [7, 11) is 0. The maximum Gasteiger partial charge on any atom is 0.312 e. The predicted molar refractivity (Wildman–Crippen MR) is 115 cm³/mol. The highest BCUT2D eigenvalue weighted by Crippen LogP contribution is 2.25. The Morgan fingerprint density at radius 1 is 0.833 bits per heavy atom. The summed E-state index contributed by atoms with van der Waals surface area (Å²) in [6.45, 7) is 1.61. The van der Waals surface area contributed by atoms with Gasteiger partial charge in [0.1, 0.15) is 0 Å². The number of carbonyl (C=O) groups excluding carboxylic acids is 3. The lowest BCUT2D eigenvalue weighted by Crippen LogP contribution is -2.56. The number of piperazine rings is 1. The lowest BCUT2D eigenvalue weighted by molar-refractivity contribution is -0.158. The van der Waals surface area contributed by atoms with Gasteiger partial charge < -0.3 is 15.1 Å². The van der Waals surface area contributed by atoms with E-state index >= 15 is 0 Å². The molecule has 1 aromatic carbocycles. The van der Waals surface area contributed by atoms with Gasteiger partial charge in [-0.3, -0.25) is 14.4 Å². The molecule has 0 unspecified atom stereocenters. The van der Waals surface area contributed by atoms with Crippen molar-refractivity contribution < 1.29 is 14.4 Å². The molecule has 0 atom stereocenters. The van der Waals surface area contributed by atoms with E-state index in [2.05, 4.69) is 5.32 Å². The van der Waals surface area contributed by atoms with Gasteiger partial charge in [-0.25, -0.2) is 0 Å². The first-order chi connectivity index (χ1) is 14.6. The summed E-state index contributed by atoms with van der Waals surface area (Å²) in [5, 5.41) is 3.17. The lowest BCUT2D eigenvalue weighted by Gasteiger charge is -2.37. The monoisotopic (exact) mass is 411 g/mol. The third-order valence-electron chi connectivity index (χ3n) is 6.89. The Morgan fingerprint density at radius 3 is 2.13 bits per heavy atom. The van der Waals surface area contributed by atoms with E-state index in [-0.39, 0.29) is 23.9 Å². The van der Waals surface area contributed by atoms with Gasteiger partial charge in [0.2, 0.25) is 0 Å². The molecule has 1 N–H and O–H groups in total. The van der Waals surface area contributed by atoms with Crippen molar-refractivity contribution in [3.8, 4) is 0 Å². The number of benzene rings is 1. The van der Waals surface area contributed by atoms with Crippen molar-refractivity contribution >= 4 is 17.7 Å². The molecule has 6 nitrogen and oxygen atoms in total. The number of carbonyl (C=O) groups is 3. The third-order valence-corrected chi connectivity index (χ3v) is 6.89. The molecule has 1 aromatic rings. The van der Waals surface area contributed by atoms with Crippen LogP contribution in [-0.2, 0) is 16.1 Å². The first-order valence-electron chi connectivity index (χ1n) is 11.6. The van der Waals surface area contributed by atoms with Crippen LogP contribution >= 0.6 is 0 Å². The van der Waals surface area contributed by atoms with Gasteiger partial charge in [-0.15, -0.1) is 0 Å². The molecule has 3 amide bonds. The summed E-state index contributed by atoms with van der Waals surface area (Å²) in [5.74, 6) is -0.777. The number of nitrogens with zero attached hydrogens (tertiary/aromatic N) is 2. The first-order valence-corrected chi connectivity index (χ1v) is 11.6. The van der Waals surface area contributed by atoms with E-state index in [9.17, 15) is 14.4 Å². The molecular weight excluding hydrogens is 378 g/mol. The molecule has 2 saturated carbocycles. The minimum absolute atomic E-state index is 0.0233.